The van der Waals surface area contributed by atoms with Gasteiger partial charge in [0.1, 0.15) is 24.4 Å². The lowest BCUT2D eigenvalue weighted by Gasteiger charge is -2.41. The van der Waals surface area contributed by atoms with Gasteiger partial charge in [0.15, 0.2) is 12.4 Å². The van der Waals surface area contributed by atoms with E-state index < -0.39 is 67.4 Å². The van der Waals surface area contributed by atoms with Crippen molar-refractivity contribution in [2.45, 2.75) is 346 Å². The van der Waals surface area contributed by atoms with Crippen LogP contribution in [0.1, 0.15) is 297 Å². The zero-order valence-corrected chi connectivity index (χ0v) is 47.5. The van der Waals surface area contributed by atoms with Crippen LogP contribution in [-0.4, -0.2) is 99.6 Å². The van der Waals surface area contributed by atoms with E-state index in [1.165, 1.54) is 180 Å². The van der Waals surface area contributed by atoms with Crippen molar-refractivity contribution in [1.82, 2.24) is 5.32 Å². The van der Waals surface area contributed by atoms with Crippen molar-refractivity contribution in [2.24, 2.45) is 0 Å². The fourth-order valence-electron chi connectivity index (χ4n) is 9.88. The SMILES string of the molecule is CCCCCC/C=C\CCCCCCCCC(O)C(=O)NC(COC1OC(CO)C(O)C(O)C1OC(=O)CCCCCCCCCCCCCCCCCCC)C(O)/C=C/CCCCCCCCCCCCC. The quantitative estimate of drug-likeness (QED) is 0.0195. The number of carbonyl (C=O) groups excluding carboxylic acids is 2. The predicted molar refractivity (Wildman–Crippen MR) is 301 cm³/mol. The summed E-state index contributed by atoms with van der Waals surface area (Å²) >= 11 is 0. The van der Waals surface area contributed by atoms with Crippen LogP contribution in [0.4, 0.5) is 0 Å². The minimum Gasteiger partial charge on any atom is -0.454 e. The Kier molecular flexibility index (Phi) is 48.2. The number of ether oxygens (including phenoxy) is 3. The lowest BCUT2D eigenvalue weighted by atomic mass is 9.99. The van der Waals surface area contributed by atoms with Gasteiger partial charge in [-0.05, 0) is 51.4 Å². The molecule has 0 spiro atoms. The molecule has 0 aromatic carbocycles. The van der Waals surface area contributed by atoms with Gasteiger partial charge in [0.25, 0.3) is 0 Å². The minimum absolute atomic E-state index is 0.129. The highest BCUT2D eigenvalue weighted by atomic mass is 16.7. The molecule has 11 heteroatoms. The second kappa shape index (κ2) is 50.9. The third kappa shape index (κ3) is 39.2. The maximum atomic E-state index is 13.4. The number of nitrogens with one attached hydrogen (secondary N) is 1. The molecule has 1 amide bonds. The fourth-order valence-corrected chi connectivity index (χ4v) is 9.88. The monoisotopic (exact) mass is 1040 g/mol. The van der Waals surface area contributed by atoms with Gasteiger partial charge in [0.05, 0.1) is 25.4 Å². The van der Waals surface area contributed by atoms with E-state index >= 15 is 0 Å². The molecule has 1 heterocycles. The third-order valence-corrected chi connectivity index (χ3v) is 14.9. The van der Waals surface area contributed by atoms with E-state index in [0.717, 1.165) is 70.6 Å². The summed E-state index contributed by atoms with van der Waals surface area (Å²) in [6.45, 7) is 5.80. The number of amides is 1. The van der Waals surface area contributed by atoms with Crippen molar-refractivity contribution >= 4 is 11.9 Å². The van der Waals surface area contributed by atoms with Crippen molar-refractivity contribution in [3.05, 3.63) is 24.3 Å². The van der Waals surface area contributed by atoms with Crippen LogP contribution in [0.25, 0.3) is 0 Å². The Bertz CT molecular complexity index is 1280. The normalized spacial score (nSPS) is 19.5. The van der Waals surface area contributed by atoms with E-state index in [0.29, 0.717) is 12.8 Å². The van der Waals surface area contributed by atoms with Crippen LogP contribution < -0.4 is 5.32 Å². The number of carbonyl (C=O) groups is 2. The summed E-state index contributed by atoms with van der Waals surface area (Å²) in [4.78, 5) is 26.5. The average molecular weight is 1040 g/mol. The molecule has 8 atom stereocenters. The molecule has 0 bridgehead atoms. The van der Waals surface area contributed by atoms with Crippen LogP contribution in [0.5, 0.6) is 0 Å². The summed E-state index contributed by atoms with van der Waals surface area (Å²) in [7, 11) is 0. The number of esters is 1. The topological polar surface area (TPSA) is 175 Å². The molecule has 1 aliphatic rings. The lowest BCUT2D eigenvalue weighted by molar-refractivity contribution is -0.305. The fraction of sp³-hybridized carbons (Fsp3) is 0.903. The van der Waals surface area contributed by atoms with Crippen LogP contribution in [-0.2, 0) is 23.8 Å². The average Bonchev–Trinajstić information content (AvgIpc) is 3.39. The summed E-state index contributed by atoms with van der Waals surface area (Å²) in [5, 5.41) is 56.9. The molecule has 0 aromatic rings. The van der Waals surface area contributed by atoms with Gasteiger partial charge in [0, 0.05) is 6.42 Å². The van der Waals surface area contributed by atoms with Gasteiger partial charge in [-0.15, -0.1) is 0 Å². The first kappa shape index (κ1) is 69.2. The first-order valence-electron chi connectivity index (χ1n) is 31.1. The highest BCUT2D eigenvalue weighted by molar-refractivity contribution is 5.80. The summed E-state index contributed by atoms with van der Waals surface area (Å²) in [6, 6.07) is -1.02. The summed E-state index contributed by atoms with van der Waals surface area (Å²) < 4.78 is 17.6. The molecule has 1 aliphatic heterocycles. The molecule has 8 unspecified atom stereocenters. The molecule has 1 fully saturated rings. The predicted octanol–water partition coefficient (Wildman–Crippen LogP) is 14.5. The lowest BCUT2D eigenvalue weighted by Crippen LogP contribution is -2.61. The third-order valence-electron chi connectivity index (χ3n) is 14.9. The Hall–Kier alpha value is -1.86. The molecule has 73 heavy (non-hydrogen) atoms. The van der Waals surface area contributed by atoms with Crippen molar-refractivity contribution in [2.75, 3.05) is 13.2 Å². The van der Waals surface area contributed by atoms with Crippen LogP contribution in [0, 0.1) is 0 Å². The maximum Gasteiger partial charge on any atom is 0.306 e. The molecule has 0 aromatic heterocycles. The Morgan fingerprint density at radius 2 is 0.904 bits per heavy atom. The number of unbranched alkanes of at least 4 members (excludes halogenated alkanes) is 37. The second-order valence-corrected chi connectivity index (χ2v) is 21.8. The molecule has 6 N–H and O–H groups in total. The van der Waals surface area contributed by atoms with Crippen LogP contribution >= 0.6 is 0 Å². The molecule has 0 saturated carbocycles. The smallest absolute Gasteiger partial charge is 0.306 e. The second-order valence-electron chi connectivity index (χ2n) is 21.8. The number of hydrogen-bond acceptors (Lipinski definition) is 10. The van der Waals surface area contributed by atoms with E-state index in [-0.39, 0.29) is 19.4 Å². The van der Waals surface area contributed by atoms with Crippen LogP contribution in [0.15, 0.2) is 24.3 Å². The Morgan fingerprint density at radius 3 is 1.34 bits per heavy atom. The van der Waals surface area contributed by atoms with Crippen molar-refractivity contribution in [3.8, 4) is 0 Å². The van der Waals surface area contributed by atoms with E-state index in [9.17, 15) is 35.1 Å². The maximum absolute atomic E-state index is 13.4. The van der Waals surface area contributed by atoms with Crippen LogP contribution in [0.3, 0.4) is 0 Å². The minimum atomic E-state index is -1.61. The molecular formula is C62H117NO10. The van der Waals surface area contributed by atoms with Gasteiger partial charge >= 0.3 is 5.97 Å². The first-order valence-corrected chi connectivity index (χ1v) is 31.1. The molecule has 0 radical (unpaired) electrons. The summed E-state index contributed by atoms with van der Waals surface area (Å²) in [5.41, 5.74) is 0. The van der Waals surface area contributed by atoms with Crippen molar-refractivity contribution in [1.29, 1.82) is 0 Å². The van der Waals surface area contributed by atoms with Gasteiger partial charge < -0.3 is 45.1 Å². The van der Waals surface area contributed by atoms with Crippen molar-refractivity contribution in [3.63, 3.8) is 0 Å². The van der Waals surface area contributed by atoms with E-state index in [4.69, 9.17) is 14.2 Å². The Morgan fingerprint density at radius 1 is 0.521 bits per heavy atom. The molecule has 0 aliphatic carbocycles. The molecule has 430 valence electrons. The zero-order valence-electron chi connectivity index (χ0n) is 47.5. The van der Waals surface area contributed by atoms with Crippen LogP contribution in [0.2, 0.25) is 0 Å². The summed E-state index contributed by atoms with van der Waals surface area (Å²) in [6.07, 6.45) is 47.8. The number of aliphatic hydroxyl groups is 5. The largest absolute Gasteiger partial charge is 0.454 e. The molecular weight excluding hydrogens is 919 g/mol. The van der Waals surface area contributed by atoms with E-state index in [1.807, 2.05) is 6.08 Å². The van der Waals surface area contributed by atoms with E-state index in [2.05, 4.69) is 38.2 Å². The van der Waals surface area contributed by atoms with Gasteiger partial charge in [0.2, 0.25) is 5.91 Å². The van der Waals surface area contributed by atoms with Gasteiger partial charge in [-0.1, -0.05) is 263 Å². The highest BCUT2D eigenvalue weighted by Gasteiger charge is 2.47. The standard InChI is InChI=1S/C62H117NO10/c1-4-7-10-13-16-19-22-25-27-28-29-32-35-38-41-44-47-50-57(67)73-60-59(69)58(68)56(51-64)72-62(60)71-52-53(54(65)48-45-42-39-36-33-30-24-21-18-15-12-9-6-3)63-61(70)55(66)49-46-43-40-37-34-31-26-23-20-17-14-11-8-5-2/h20,23,45,48,53-56,58-60,62,64-66,68-69H,4-19,21-22,24-44,46-47,49-52H2,1-3H3,(H,63,70)/b23-20-,48-45+. The molecule has 1 saturated heterocycles. The first-order chi connectivity index (χ1) is 35.7. The number of rotatable bonds is 53. The molecule has 11 nitrogen and oxygen atoms in total. The zero-order chi connectivity index (χ0) is 53.3. The number of aliphatic hydroxyl groups excluding tert-OH is 5. The Labute approximate surface area is 448 Å². The van der Waals surface area contributed by atoms with E-state index in [1.54, 1.807) is 6.08 Å². The Balaban J connectivity index is 2.69. The van der Waals surface area contributed by atoms with Crippen molar-refractivity contribution < 1.29 is 49.3 Å². The number of allylic oxidation sites excluding steroid dienone is 3. The van der Waals surface area contributed by atoms with Gasteiger partial charge in [-0.25, -0.2) is 0 Å². The summed E-state index contributed by atoms with van der Waals surface area (Å²) in [5.74, 6) is -1.19. The number of hydrogen-bond donors (Lipinski definition) is 6. The van der Waals surface area contributed by atoms with Gasteiger partial charge in [-0.2, -0.15) is 0 Å². The van der Waals surface area contributed by atoms with Gasteiger partial charge in [-0.3, -0.25) is 9.59 Å². The highest BCUT2D eigenvalue weighted by Crippen LogP contribution is 2.26. The molecule has 1 rings (SSSR count).